The van der Waals surface area contributed by atoms with Crippen molar-refractivity contribution in [3.05, 3.63) is 0 Å². The van der Waals surface area contributed by atoms with Gasteiger partial charge in [0.2, 0.25) is 0 Å². The minimum absolute atomic E-state index is 0.173. The Balaban J connectivity index is 3.74. The van der Waals surface area contributed by atoms with Gasteiger partial charge < -0.3 is 4.74 Å². The van der Waals surface area contributed by atoms with Gasteiger partial charge in [0, 0.05) is 6.61 Å². The van der Waals surface area contributed by atoms with E-state index < -0.39 is 24.1 Å². The zero-order valence-corrected chi connectivity index (χ0v) is 10.3. The molecule has 0 bridgehead atoms. The Morgan fingerprint density at radius 1 is 1.06 bits per heavy atom. The second-order valence-corrected chi connectivity index (χ2v) is 4.71. The molecule has 0 saturated heterocycles. The summed E-state index contributed by atoms with van der Waals surface area (Å²) in [5.74, 6) is -4.81. The Morgan fingerprint density at radius 2 is 1.61 bits per heavy atom. The smallest absolute Gasteiger partial charge is 0.375 e. The molecule has 0 spiro atoms. The average Bonchev–Trinajstić information content (AvgIpc) is 2.21. The Bertz CT molecular complexity index is 293. The van der Waals surface area contributed by atoms with Crippen molar-refractivity contribution >= 4 is 0 Å². The van der Waals surface area contributed by atoms with Gasteiger partial charge in [0.05, 0.1) is 11.5 Å². The van der Waals surface area contributed by atoms with E-state index in [2.05, 4.69) is 10.8 Å². The van der Waals surface area contributed by atoms with Crippen LogP contribution in [0.3, 0.4) is 0 Å². The van der Waals surface area contributed by atoms with Crippen LogP contribution in [0.25, 0.3) is 0 Å². The van der Waals surface area contributed by atoms with Crippen molar-refractivity contribution in [2.75, 3.05) is 13.2 Å². The predicted octanol–water partition coefficient (Wildman–Crippen LogP) is 3.92. The molecule has 2 nitrogen and oxygen atoms in total. The molecule has 0 amide bonds. The molecule has 0 aliphatic rings. The van der Waals surface area contributed by atoms with E-state index >= 15 is 0 Å². The zero-order valence-electron chi connectivity index (χ0n) is 10.3. The molecule has 0 aromatic carbocycles. The van der Waals surface area contributed by atoms with Crippen LogP contribution in [0.1, 0.15) is 33.1 Å². The van der Waals surface area contributed by atoms with Gasteiger partial charge in [-0.1, -0.05) is 0 Å². The number of ether oxygens (including phenoxy) is 1. The summed E-state index contributed by atoms with van der Waals surface area (Å²) >= 11 is 0. The lowest BCUT2D eigenvalue weighted by molar-refractivity contribution is -0.296. The average molecular weight is 273 g/mol. The molecule has 0 radical (unpaired) electrons. The number of unbranched alkanes of at least 4 members (excludes halogenated alkanes) is 1. The predicted molar refractivity (Wildman–Crippen MR) is 55.1 cm³/mol. The zero-order chi connectivity index (χ0) is 14.4. The first-order valence-corrected chi connectivity index (χ1v) is 5.45. The van der Waals surface area contributed by atoms with E-state index in [1.165, 1.54) is 0 Å². The fraction of sp³-hybridized carbons (Fsp3) is 0.909. The lowest BCUT2D eigenvalue weighted by atomic mass is 9.89. The number of nitriles is 1. The van der Waals surface area contributed by atoms with E-state index in [-0.39, 0.29) is 6.61 Å². The number of nitrogens with zero attached hydrogens (tertiary/aromatic N) is 1. The third-order valence-electron chi connectivity index (χ3n) is 2.34. The number of hydrogen-bond donors (Lipinski definition) is 0. The molecule has 0 unspecified atom stereocenters. The van der Waals surface area contributed by atoms with Gasteiger partial charge in [-0.05, 0) is 33.1 Å². The van der Waals surface area contributed by atoms with Crippen molar-refractivity contribution in [1.29, 1.82) is 5.26 Å². The van der Waals surface area contributed by atoms with Crippen molar-refractivity contribution < 1.29 is 26.7 Å². The van der Waals surface area contributed by atoms with E-state index in [4.69, 9.17) is 5.26 Å². The summed E-state index contributed by atoms with van der Waals surface area (Å²) in [7, 11) is 0. The molecule has 0 heterocycles. The maximum absolute atomic E-state index is 12.4. The first kappa shape index (κ1) is 17.1. The van der Waals surface area contributed by atoms with Gasteiger partial charge in [-0.25, -0.2) is 0 Å². The standard InChI is InChI=1S/C11H16F5NO/c1-9(2,7-17)5-3-4-6-18-8-10(12,13)11(14,15)16/h3-6,8H2,1-2H3. The highest BCUT2D eigenvalue weighted by atomic mass is 19.4. The summed E-state index contributed by atoms with van der Waals surface area (Å²) in [6, 6.07) is 2.07. The van der Waals surface area contributed by atoms with E-state index in [0.717, 1.165) is 0 Å². The third-order valence-corrected chi connectivity index (χ3v) is 2.34. The minimum Gasteiger partial charge on any atom is -0.375 e. The van der Waals surface area contributed by atoms with Crippen LogP contribution in [0, 0.1) is 16.7 Å². The molecule has 7 heteroatoms. The van der Waals surface area contributed by atoms with Crippen LogP contribution >= 0.6 is 0 Å². The molecule has 0 aliphatic carbocycles. The van der Waals surface area contributed by atoms with E-state index in [9.17, 15) is 22.0 Å². The maximum Gasteiger partial charge on any atom is 0.455 e. The monoisotopic (exact) mass is 273 g/mol. The van der Waals surface area contributed by atoms with Crippen molar-refractivity contribution in [2.45, 2.75) is 45.2 Å². The Labute approximate surface area is 103 Å². The van der Waals surface area contributed by atoms with Crippen LogP contribution in [0.15, 0.2) is 0 Å². The number of rotatable bonds is 7. The van der Waals surface area contributed by atoms with Gasteiger partial charge >= 0.3 is 12.1 Å². The SMILES string of the molecule is CC(C)(C#N)CCCCOCC(F)(F)C(F)(F)F. The molecule has 0 rings (SSSR count). The molecule has 18 heavy (non-hydrogen) atoms. The molecule has 0 aliphatic heterocycles. The topological polar surface area (TPSA) is 33.0 Å². The van der Waals surface area contributed by atoms with Crippen molar-refractivity contribution in [2.24, 2.45) is 5.41 Å². The Hall–Kier alpha value is -0.900. The van der Waals surface area contributed by atoms with E-state index in [1.807, 2.05) is 0 Å². The summed E-state index contributed by atoms with van der Waals surface area (Å²) in [6.07, 6.45) is -4.14. The molecule has 106 valence electrons. The van der Waals surface area contributed by atoms with Gasteiger partial charge in [0.15, 0.2) is 0 Å². The highest BCUT2D eigenvalue weighted by Crippen LogP contribution is 2.35. The second kappa shape index (κ2) is 6.32. The third kappa shape index (κ3) is 6.15. The molecule has 0 atom stereocenters. The lowest BCUT2D eigenvalue weighted by Gasteiger charge is -2.19. The van der Waals surface area contributed by atoms with Crippen LogP contribution in [0.2, 0.25) is 0 Å². The summed E-state index contributed by atoms with van der Waals surface area (Å²) in [6.45, 7) is 1.63. The molecule has 0 N–H and O–H groups in total. The number of halogens is 5. The summed E-state index contributed by atoms with van der Waals surface area (Å²) in [4.78, 5) is 0. The van der Waals surface area contributed by atoms with Crippen molar-refractivity contribution in [3.63, 3.8) is 0 Å². The lowest BCUT2D eigenvalue weighted by Crippen LogP contribution is -2.40. The number of hydrogen-bond acceptors (Lipinski definition) is 2. The largest absolute Gasteiger partial charge is 0.455 e. The van der Waals surface area contributed by atoms with Crippen LogP contribution < -0.4 is 0 Å². The van der Waals surface area contributed by atoms with Crippen LogP contribution in [0.5, 0.6) is 0 Å². The normalized spacial score (nSPS) is 13.4. The number of alkyl halides is 5. The van der Waals surface area contributed by atoms with Gasteiger partial charge in [-0.15, -0.1) is 0 Å². The second-order valence-electron chi connectivity index (χ2n) is 4.71. The molecular weight excluding hydrogens is 257 g/mol. The molecule has 0 fully saturated rings. The van der Waals surface area contributed by atoms with Gasteiger partial charge in [0.1, 0.15) is 6.61 Å². The van der Waals surface area contributed by atoms with E-state index in [1.54, 1.807) is 13.8 Å². The van der Waals surface area contributed by atoms with Gasteiger partial charge in [-0.3, -0.25) is 0 Å². The minimum atomic E-state index is -5.57. The fourth-order valence-corrected chi connectivity index (χ4v) is 1.11. The summed E-state index contributed by atoms with van der Waals surface area (Å²) in [5.41, 5.74) is -0.518. The molecule has 0 aromatic rings. The van der Waals surface area contributed by atoms with E-state index in [0.29, 0.717) is 19.3 Å². The first-order valence-electron chi connectivity index (χ1n) is 5.45. The quantitative estimate of drug-likeness (QED) is 0.520. The fourth-order valence-electron chi connectivity index (χ4n) is 1.11. The molecule has 0 aromatic heterocycles. The molecule has 0 saturated carbocycles. The van der Waals surface area contributed by atoms with Crippen LogP contribution in [0.4, 0.5) is 22.0 Å². The highest BCUT2D eigenvalue weighted by Gasteiger charge is 2.57. The first-order chi connectivity index (χ1) is 8.02. The Kier molecular flexibility index (Phi) is 6.00. The van der Waals surface area contributed by atoms with Gasteiger partial charge in [0.25, 0.3) is 0 Å². The maximum atomic E-state index is 12.4. The highest BCUT2D eigenvalue weighted by molar-refractivity contribution is 4.91. The van der Waals surface area contributed by atoms with Crippen LogP contribution in [-0.2, 0) is 4.74 Å². The molecular formula is C11H16F5NO. The van der Waals surface area contributed by atoms with Crippen molar-refractivity contribution in [1.82, 2.24) is 0 Å². The summed E-state index contributed by atoms with van der Waals surface area (Å²) < 4.78 is 64.3. The summed E-state index contributed by atoms with van der Waals surface area (Å²) in [5, 5.41) is 8.69. The van der Waals surface area contributed by atoms with Crippen molar-refractivity contribution in [3.8, 4) is 6.07 Å². The van der Waals surface area contributed by atoms with Crippen LogP contribution in [-0.4, -0.2) is 25.3 Å². The Morgan fingerprint density at radius 3 is 2.06 bits per heavy atom. The van der Waals surface area contributed by atoms with Gasteiger partial charge in [-0.2, -0.15) is 27.2 Å².